The van der Waals surface area contributed by atoms with Crippen molar-refractivity contribution in [2.24, 2.45) is 5.10 Å². The molecule has 0 radical (unpaired) electrons. The van der Waals surface area contributed by atoms with Crippen molar-refractivity contribution in [3.8, 4) is 5.75 Å². The Morgan fingerprint density at radius 3 is 2.70 bits per heavy atom. The van der Waals surface area contributed by atoms with Crippen LogP contribution < -0.4 is 4.74 Å². The van der Waals surface area contributed by atoms with Crippen molar-refractivity contribution >= 4 is 28.4 Å². The predicted molar refractivity (Wildman–Crippen MR) is 118 cm³/mol. The molecule has 1 amide bonds. The third-order valence-corrected chi connectivity index (χ3v) is 6.42. The van der Waals surface area contributed by atoms with Crippen LogP contribution in [0.3, 0.4) is 0 Å². The highest BCUT2D eigenvalue weighted by molar-refractivity contribution is 6.08. The van der Waals surface area contributed by atoms with Gasteiger partial charge in [-0.25, -0.2) is 5.01 Å². The molecule has 0 spiro atoms. The number of methoxy groups -OCH3 is 1. The number of carbonyl (C=O) groups excluding carboxylic acids is 2. The van der Waals surface area contributed by atoms with Gasteiger partial charge in [-0.2, -0.15) is 5.10 Å². The van der Waals surface area contributed by atoms with E-state index in [1.54, 1.807) is 12.1 Å². The first-order valence-corrected chi connectivity index (χ1v) is 11.1. The van der Waals surface area contributed by atoms with Crippen LogP contribution in [-0.2, 0) is 11.2 Å². The minimum atomic E-state index is 0.102. The summed E-state index contributed by atoms with van der Waals surface area (Å²) in [6, 6.07) is 6.08. The number of aromatic nitrogens is 1. The van der Waals surface area contributed by atoms with Crippen molar-refractivity contribution in [3.63, 3.8) is 0 Å². The second-order valence-corrected chi connectivity index (χ2v) is 8.48. The first kappa shape index (κ1) is 20.6. The Labute approximate surface area is 177 Å². The maximum absolute atomic E-state index is 12.8. The number of hydrogen-bond acceptors (Lipinski definition) is 4. The number of hydrogen-bond donors (Lipinski definition) is 0. The van der Waals surface area contributed by atoms with Crippen LogP contribution in [0.15, 0.2) is 23.3 Å². The second-order valence-electron chi connectivity index (χ2n) is 8.48. The van der Waals surface area contributed by atoms with Crippen molar-refractivity contribution in [2.45, 2.75) is 77.7 Å². The fourth-order valence-electron chi connectivity index (χ4n) is 4.87. The fraction of sp³-hybridized carbons (Fsp3) is 0.542. The summed E-state index contributed by atoms with van der Waals surface area (Å²) < 4.78 is 7.25. The molecule has 1 aliphatic carbocycles. The molecule has 6 nitrogen and oxygen atoms in total. The van der Waals surface area contributed by atoms with E-state index in [1.807, 2.05) is 36.6 Å². The predicted octanol–water partition coefficient (Wildman–Crippen LogP) is 4.86. The van der Waals surface area contributed by atoms with Crippen molar-refractivity contribution < 1.29 is 14.3 Å². The van der Waals surface area contributed by atoms with E-state index in [9.17, 15) is 9.59 Å². The van der Waals surface area contributed by atoms with Gasteiger partial charge in [0.2, 0.25) is 11.8 Å². The van der Waals surface area contributed by atoms with Crippen molar-refractivity contribution in [1.29, 1.82) is 0 Å². The lowest BCUT2D eigenvalue weighted by molar-refractivity contribution is -0.131. The number of rotatable bonds is 6. The minimum Gasteiger partial charge on any atom is -0.497 e. The lowest BCUT2D eigenvalue weighted by Gasteiger charge is -2.27. The lowest BCUT2D eigenvalue weighted by atomic mass is 9.95. The summed E-state index contributed by atoms with van der Waals surface area (Å²) in [6.45, 7) is 4.01. The summed E-state index contributed by atoms with van der Waals surface area (Å²) in [5, 5.41) is 7.49. The minimum absolute atomic E-state index is 0.102. The van der Waals surface area contributed by atoms with Crippen molar-refractivity contribution in [2.75, 3.05) is 7.11 Å². The van der Waals surface area contributed by atoms with E-state index in [-0.39, 0.29) is 17.9 Å². The van der Waals surface area contributed by atoms with Gasteiger partial charge in [-0.1, -0.05) is 26.2 Å². The van der Waals surface area contributed by atoms with E-state index in [1.165, 1.54) is 19.3 Å². The first-order valence-electron chi connectivity index (χ1n) is 11.1. The molecular formula is C24H31N3O3. The molecule has 1 aliphatic heterocycles. The molecule has 160 valence electrons. The van der Waals surface area contributed by atoms with Gasteiger partial charge in [0.05, 0.1) is 30.8 Å². The zero-order valence-corrected chi connectivity index (χ0v) is 18.2. The standard InChI is InChI=1S/C24H31N3O3/c1-4-8-23(28)26-16(2)20(21-15-19(30-3)11-12-22(21)26)13-17-14-24(29)27(25-17)18-9-6-5-7-10-18/h11-12,15,18H,4-10,13-14H2,1-3H3. The van der Waals surface area contributed by atoms with Gasteiger partial charge in [0.1, 0.15) is 5.75 Å². The van der Waals surface area contributed by atoms with Crippen LogP contribution in [0.4, 0.5) is 0 Å². The molecule has 0 bridgehead atoms. The van der Waals surface area contributed by atoms with Gasteiger partial charge < -0.3 is 4.74 Å². The Morgan fingerprint density at radius 2 is 2.00 bits per heavy atom. The van der Waals surface area contributed by atoms with Gasteiger partial charge in [-0.15, -0.1) is 0 Å². The summed E-state index contributed by atoms with van der Waals surface area (Å²) in [5.74, 6) is 0.972. The van der Waals surface area contributed by atoms with Crippen LogP contribution in [0.2, 0.25) is 0 Å². The Hall–Kier alpha value is -2.63. The highest BCUT2D eigenvalue weighted by Gasteiger charge is 2.32. The maximum atomic E-state index is 12.8. The molecule has 2 aromatic rings. The molecule has 1 aromatic carbocycles. The Bertz CT molecular complexity index is 999. The third kappa shape index (κ3) is 3.75. The molecule has 1 aromatic heterocycles. The van der Waals surface area contributed by atoms with E-state index in [4.69, 9.17) is 9.84 Å². The molecule has 30 heavy (non-hydrogen) atoms. The highest BCUT2D eigenvalue weighted by atomic mass is 16.5. The van der Waals surface area contributed by atoms with Crippen molar-refractivity contribution in [1.82, 2.24) is 9.58 Å². The number of carbonyl (C=O) groups is 2. The van der Waals surface area contributed by atoms with Gasteiger partial charge in [0.25, 0.3) is 0 Å². The Kier molecular flexibility index (Phi) is 5.93. The Morgan fingerprint density at radius 1 is 1.23 bits per heavy atom. The second kappa shape index (κ2) is 8.62. The fourth-order valence-corrected chi connectivity index (χ4v) is 4.87. The van der Waals surface area contributed by atoms with Gasteiger partial charge in [-0.05, 0) is 49.9 Å². The van der Waals surface area contributed by atoms with Crippen LogP contribution in [0, 0.1) is 6.92 Å². The van der Waals surface area contributed by atoms with Crippen LogP contribution in [0.25, 0.3) is 10.9 Å². The SMILES string of the molecule is CCCC(=O)n1c(C)c(CC2=NN(C3CCCCC3)C(=O)C2)c2cc(OC)ccc21. The van der Waals surface area contributed by atoms with Crippen LogP contribution in [0.5, 0.6) is 5.75 Å². The van der Waals surface area contributed by atoms with Gasteiger partial charge in [0.15, 0.2) is 0 Å². The van der Waals surface area contributed by atoms with Gasteiger partial charge in [-0.3, -0.25) is 14.2 Å². The van der Waals surface area contributed by atoms with Crippen LogP contribution >= 0.6 is 0 Å². The molecule has 4 rings (SSSR count). The van der Waals surface area contributed by atoms with Crippen molar-refractivity contribution in [3.05, 3.63) is 29.5 Å². The van der Waals surface area contributed by atoms with Crippen LogP contribution in [0.1, 0.15) is 74.3 Å². The summed E-state index contributed by atoms with van der Waals surface area (Å²) in [6.07, 6.45) is 7.95. The first-order chi connectivity index (χ1) is 14.5. The quantitative estimate of drug-likeness (QED) is 0.684. The molecule has 2 heterocycles. The molecular weight excluding hydrogens is 378 g/mol. The Balaban J connectivity index is 1.70. The van der Waals surface area contributed by atoms with E-state index in [0.717, 1.165) is 52.9 Å². The van der Waals surface area contributed by atoms with E-state index >= 15 is 0 Å². The number of ether oxygens (including phenoxy) is 1. The molecule has 0 saturated heterocycles. The number of benzene rings is 1. The molecule has 6 heteroatoms. The van der Waals surface area contributed by atoms with E-state index < -0.39 is 0 Å². The van der Waals surface area contributed by atoms with Crippen LogP contribution in [-0.4, -0.2) is 40.3 Å². The summed E-state index contributed by atoms with van der Waals surface area (Å²) >= 11 is 0. The zero-order valence-electron chi connectivity index (χ0n) is 18.2. The largest absolute Gasteiger partial charge is 0.497 e. The van der Waals surface area contributed by atoms with E-state index in [0.29, 0.717) is 19.3 Å². The summed E-state index contributed by atoms with van der Waals surface area (Å²) in [5.41, 5.74) is 3.78. The number of nitrogens with zero attached hydrogens (tertiary/aromatic N) is 3. The molecule has 0 atom stereocenters. The smallest absolute Gasteiger partial charge is 0.248 e. The molecule has 1 fully saturated rings. The molecule has 0 unspecified atom stereocenters. The molecule has 1 saturated carbocycles. The normalized spacial score (nSPS) is 17.6. The number of amides is 1. The number of hydrazone groups is 1. The number of fused-ring (bicyclic) bond motifs is 1. The lowest BCUT2D eigenvalue weighted by Crippen LogP contribution is -2.34. The molecule has 0 N–H and O–H groups in total. The monoisotopic (exact) mass is 409 g/mol. The third-order valence-electron chi connectivity index (χ3n) is 6.42. The topological polar surface area (TPSA) is 63.9 Å². The summed E-state index contributed by atoms with van der Waals surface area (Å²) in [7, 11) is 1.65. The zero-order chi connectivity index (χ0) is 21.3. The highest BCUT2D eigenvalue weighted by Crippen LogP contribution is 2.32. The summed E-state index contributed by atoms with van der Waals surface area (Å²) in [4.78, 5) is 25.5. The molecule has 2 aliphatic rings. The maximum Gasteiger partial charge on any atom is 0.248 e. The van der Waals surface area contributed by atoms with Gasteiger partial charge in [0, 0.05) is 23.9 Å². The average Bonchev–Trinajstić information content (AvgIpc) is 3.25. The van der Waals surface area contributed by atoms with Gasteiger partial charge >= 0.3 is 0 Å². The van der Waals surface area contributed by atoms with E-state index in [2.05, 4.69) is 0 Å². The average molecular weight is 410 g/mol.